The summed E-state index contributed by atoms with van der Waals surface area (Å²) in [6.07, 6.45) is 4.43. The molecule has 5 rings (SSSR count). The molecule has 0 bridgehead atoms. The standard InChI is InChI=1S/C21H29N5O2/c1-2-6-26(5-1)21-19-13-17(3-4-20(19)22-16-23-21)25-9-7-24(8-10-25)14-18-15-27-11-12-28-18/h3-4,13,16,18H,1-2,5-12,14-15H2. The van der Waals surface area contributed by atoms with Crippen molar-refractivity contribution in [2.24, 2.45) is 0 Å². The number of aromatic nitrogens is 2. The SMILES string of the molecule is c1nc(N2CCCC2)c2cc(N3CCN(CC4COCCO4)CC3)ccc2n1. The highest BCUT2D eigenvalue weighted by molar-refractivity contribution is 5.92. The maximum Gasteiger partial charge on any atom is 0.139 e. The first-order valence-corrected chi connectivity index (χ1v) is 10.5. The highest BCUT2D eigenvalue weighted by Crippen LogP contribution is 2.30. The summed E-state index contributed by atoms with van der Waals surface area (Å²) >= 11 is 0. The second-order valence-corrected chi connectivity index (χ2v) is 7.95. The Labute approximate surface area is 166 Å². The molecule has 1 aromatic carbocycles. The largest absolute Gasteiger partial charge is 0.376 e. The molecule has 1 aromatic heterocycles. The van der Waals surface area contributed by atoms with Gasteiger partial charge in [0.15, 0.2) is 0 Å². The second kappa shape index (κ2) is 8.19. The normalized spacial score (nSPS) is 24.2. The first-order chi connectivity index (χ1) is 13.9. The van der Waals surface area contributed by atoms with Crippen molar-refractivity contribution in [3.05, 3.63) is 24.5 Å². The third kappa shape index (κ3) is 3.79. The molecule has 2 aromatic rings. The molecule has 0 N–H and O–H groups in total. The van der Waals surface area contributed by atoms with Crippen molar-refractivity contribution in [1.82, 2.24) is 14.9 Å². The first-order valence-electron chi connectivity index (χ1n) is 10.5. The van der Waals surface area contributed by atoms with Crippen LogP contribution in [0, 0.1) is 0 Å². The van der Waals surface area contributed by atoms with E-state index < -0.39 is 0 Å². The van der Waals surface area contributed by atoms with Crippen LogP contribution in [0.25, 0.3) is 10.9 Å². The van der Waals surface area contributed by atoms with Gasteiger partial charge in [0.2, 0.25) is 0 Å². The van der Waals surface area contributed by atoms with Crippen molar-refractivity contribution in [3.63, 3.8) is 0 Å². The monoisotopic (exact) mass is 383 g/mol. The van der Waals surface area contributed by atoms with Gasteiger partial charge in [-0.05, 0) is 31.0 Å². The van der Waals surface area contributed by atoms with Crippen molar-refractivity contribution < 1.29 is 9.47 Å². The zero-order valence-corrected chi connectivity index (χ0v) is 16.4. The van der Waals surface area contributed by atoms with E-state index in [0.717, 1.165) is 77.0 Å². The minimum Gasteiger partial charge on any atom is -0.376 e. The maximum absolute atomic E-state index is 5.80. The molecule has 0 radical (unpaired) electrons. The highest BCUT2D eigenvalue weighted by atomic mass is 16.6. The van der Waals surface area contributed by atoms with Crippen LogP contribution in [0.2, 0.25) is 0 Å². The lowest BCUT2D eigenvalue weighted by Gasteiger charge is -2.38. The molecule has 28 heavy (non-hydrogen) atoms. The minimum absolute atomic E-state index is 0.223. The smallest absolute Gasteiger partial charge is 0.139 e. The number of anilines is 2. The Morgan fingerprint density at radius 2 is 1.79 bits per heavy atom. The zero-order valence-electron chi connectivity index (χ0n) is 16.4. The van der Waals surface area contributed by atoms with Gasteiger partial charge in [-0.2, -0.15) is 0 Å². The number of nitrogens with zero attached hydrogens (tertiary/aromatic N) is 5. The highest BCUT2D eigenvalue weighted by Gasteiger charge is 2.23. The summed E-state index contributed by atoms with van der Waals surface area (Å²) in [6, 6.07) is 6.64. The predicted molar refractivity (Wildman–Crippen MR) is 110 cm³/mol. The van der Waals surface area contributed by atoms with Crippen molar-refractivity contribution in [2.45, 2.75) is 18.9 Å². The topological polar surface area (TPSA) is 54.0 Å². The van der Waals surface area contributed by atoms with Crippen molar-refractivity contribution >= 4 is 22.4 Å². The molecule has 0 spiro atoms. The average Bonchev–Trinajstić information content (AvgIpc) is 3.29. The summed E-state index contributed by atoms with van der Waals surface area (Å²) in [5, 5.41) is 1.18. The van der Waals surface area contributed by atoms with Crippen LogP contribution in [-0.2, 0) is 9.47 Å². The Balaban J connectivity index is 1.28. The number of hydrogen-bond donors (Lipinski definition) is 0. The fourth-order valence-corrected chi connectivity index (χ4v) is 4.53. The molecule has 0 amide bonds. The van der Waals surface area contributed by atoms with Crippen molar-refractivity contribution in [1.29, 1.82) is 0 Å². The van der Waals surface area contributed by atoms with Gasteiger partial charge in [-0.25, -0.2) is 9.97 Å². The third-order valence-corrected chi connectivity index (χ3v) is 6.09. The van der Waals surface area contributed by atoms with E-state index in [2.05, 4.69) is 42.9 Å². The summed E-state index contributed by atoms with van der Waals surface area (Å²) in [6.45, 7) is 9.53. The van der Waals surface area contributed by atoms with E-state index in [0.29, 0.717) is 0 Å². The van der Waals surface area contributed by atoms with Gasteiger partial charge in [0.1, 0.15) is 12.1 Å². The van der Waals surface area contributed by atoms with Crippen LogP contribution in [0.1, 0.15) is 12.8 Å². The summed E-state index contributed by atoms with van der Waals surface area (Å²) in [5.74, 6) is 1.09. The molecule has 4 heterocycles. The third-order valence-electron chi connectivity index (χ3n) is 6.09. The number of benzene rings is 1. The minimum atomic E-state index is 0.223. The molecule has 3 aliphatic heterocycles. The quantitative estimate of drug-likeness (QED) is 0.797. The van der Waals surface area contributed by atoms with Gasteiger partial charge < -0.3 is 19.3 Å². The molecule has 7 nitrogen and oxygen atoms in total. The van der Waals surface area contributed by atoms with Gasteiger partial charge >= 0.3 is 0 Å². The Morgan fingerprint density at radius 3 is 2.57 bits per heavy atom. The molecule has 0 aliphatic carbocycles. The average molecular weight is 383 g/mol. The van der Waals surface area contributed by atoms with E-state index in [1.165, 1.54) is 23.9 Å². The van der Waals surface area contributed by atoms with Gasteiger partial charge in [-0.1, -0.05) is 0 Å². The summed E-state index contributed by atoms with van der Waals surface area (Å²) in [7, 11) is 0. The number of ether oxygens (including phenoxy) is 2. The van der Waals surface area contributed by atoms with Crippen molar-refractivity contribution in [2.75, 3.05) is 75.4 Å². The zero-order chi connectivity index (χ0) is 18.8. The van der Waals surface area contributed by atoms with Crippen molar-refractivity contribution in [3.8, 4) is 0 Å². The molecule has 1 atom stereocenters. The molecule has 150 valence electrons. The van der Waals surface area contributed by atoms with Crippen LogP contribution in [0.5, 0.6) is 0 Å². The number of fused-ring (bicyclic) bond motifs is 1. The van der Waals surface area contributed by atoms with E-state index >= 15 is 0 Å². The molecule has 3 fully saturated rings. The van der Waals surface area contributed by atoms with Gasteiger partial charge in [0, 0.05) is 56.9 Å². The number of hydrogen-bond acceptors (Lipinski definition) is 7. The molecule has 0 saturated carbocycles. The van der Waals surface area contributed by atoms with Gasteiger partial charge in [-0.3, -0.25) is 4.90 Å². The van der Waals surface area contributed by atoms with Gasteiger partial charge in [0.05, 0.1) is 31.4 Å². The Morgan fingerprint density at radius 1 is 0.929 bits per heavy atom. The van der Waals surface area contributed by atoms with Crippen LogP contribution in [-0.4, -0.2) is 86.6 Å². The molecule has 1 unspecified atom stereocenters. The number of piperazine rings is 1. The van der Waals surface area contributed by atoms with E-state index in [-0.39, 0.29) is 6.10 Å². The molecule has 3 saturated heterocycles. The number of rotatable bonds is 4. The predicted octanol–water partition coefficient (Wildman–Crippen LogP) is 1.77. The maximum atomic E-state index is 5.80. The molecule has 3 aliphatic rings. The first kappa shape index (κ1) is 18.1. The lowest BCUT2D eigenvalue weighted by Crippen LogP contribution is -2.50. The lowest BCUT2D eigenvalue weighted by molar-refractivity contribution is -0.0977. The van der Waals surface area contributed by atoms with Gasteiger partial charge in [-0.15, -0.1) is 0 Å². The Kier molecular flexibility index (Phi) is 5.29. The Bertz CT molecular complexity index is 796. The summed E-state index contributed by atoms with van der Waals surface area (Å²) in [4.78, 5) is 16.5. The van der Waals surface area contributed by atoms with E-state index in [1.807, 2.05) is 0 Å². The molecular weight excluding hydrogens is 354 g/mol. The summed E-state index contributed by atoms with van der Waals surface area (Å²) in [5.41, 5.74) is 2.31. The second-order valence-electron chi connectivity index (χ2n) is 7.95. The fraction of sp³-hybridized carbons (Fsp3) is 0.619. The van der Waals surface area contributed by atoms with Crippen LogP contribution in [0.3, 0.4) is 0 Å². The van der Waals surface area contributed by atoms with E-state index in [1.54, 1.807) is 6.33 Å². The summed E-state index contributed by atoms with van der Waals surface area (Å²) < 4.78 is 11.3. The lowest BCUT2D eigenvalue weighted by atomic mass is 10.1. The van der Waals surface area contributed by atoms with E-state index in [9.17, 15) is 0 Å². The van der Waals surface area contributed by atoms with Crippen LogP contribution >= 0.6 is 0 Å². The van der Waals surface area contributed by atoms with Crippen LogP contribution in [0.15, 0.2) is 24.5 Å². The fourth-order valence-electron chi connectivity index (χ4n) is 4.53. The van der Waals surface area contributed by atoms with Crippen LogP contribution < -0.4 is 9.80 Å². The molecular formula is C21H29N5O2. The Hall–Kier alpha value is -1.96. The van der Waals surface area contributed by atoms with E-state index in [4.69, 9.17) is 9.47 Å². The van der Waals surface area contributed by atoms with Crippen LogP contribution in [0.4, 0.5) is 11.5 Å². The van der Waals surface area contributed by atoms with Gasteiger partial charge in [0.25, 0.3) is 0 Å². The molecule has 7 heteroatoms.